The first-order valence-corrected chi connectivity index (χ1v) is 11.1. The van der Waals surface area contributed by atoms with Gasteiger partial charge in [-0.05, 0) is 80.1 Å². The molecule has 1 aromatic heterocycles. The molecule has 1 saturated carbocycles. The second-order valence-corrected chi connectivity index (χ2v) is 8.70. The molecule has 1 fully saturated rings. The van der Waals surface area contributed by atoms with Crippen LogP contribution in [0.2, 0.25) is 0 Å². The number of carbonyl (C=O) groups excluding carboxylic acids is 1. The van der Waals surface area contributed by atoms with Crippen LogP contribution in [0.25, 0.3) is 22.2 Å². The Labute approximate surface area is 194 Å². The minimum Gasteiger partial charge on any atom is -0.381 e. The third-order valence-corrected chi connectivity index (χ3v) is 5.80. The number of aliphatic hydroxyl groups is 1. The Balaban J connectivity index is 0.00000158. The van der Waals surface area contributed by atoms with Crippen LogP contribution in [0.1, 0.15) is 57.6 Å². The Bertz CT molecular complexity index is 1170. The predicted molar refractivity (Wildman–Crippen MR) is 120 cm³/mol. The lowest BCUT2D eigenvalue weighted by Gasteiger charge is -2.37. The van der Waals surface area contributed by atoms with Gasteiger partial charge in [-0.25, -0.2) is 8.78 Å². The molecule has 0 aliphatic heterocycles. The van der Waals surface area contributed by atoms with E-state index in [0.717, 1.165) is 6.07 Å². The number of fused-ring (bicyclic) bond motifs is 1. The molecule has 184 valence electrons. The topological polar surface area (TPSA) is 65.1 Å². The summed E-state index contributed by atoms with van der Waals surface area (Å²) in [5, 5.41) is 12.6. The van der Waals surface area contributed by atoms with Gasteiger partial charge in [-0.2, -0.15) is 13.2 Å². The summed E-state index contributed by atoms with van der Waals surface area (Å²) < 4.78 is 68.0. The van der Waals surface area contributed by atoms with Crippen molar-refractivity contribution in [1.29, 1.82) is 0 Å². The van der Waals surface area contributed by atoms with Crippen molar-refractivity contribution in [2.45, 2.75) is 64.3 Å². The fraction of sp³-hybridized carbons (Fsp3) is 0.400. The zero-order valence-electron chi connectivity index (χ0n) is 19.3. The molecule has 3 aromatic rings. The van der Waals surface area contributed by atoms with E-state index >= 15 is 0 Å². The number of amides is 1. The molecule has 1 aliphatic carbocycles. The van der Waals surface area contributed by atoms with Gasteiger partial charge in [0.15, 0.2) is 0 Å². The van der Waals surface area contributed by atoms with Crippen LogP contribution in [0.4, 0.5) is 22.0 Å². The van der Waals surface area contributed by atoms with Crippen LogP contribution in [-0.4, -0.2) is 27.6 Å². The van der Waals surface area contributed by atoms with Gasteiger partial charge >= 0.3 is 6.18 Å². The van der Waals surface area contributed by atoms with Crippen molar-refractivity contribution in [3.05, 3.63) is 59.2 Å². The number of aromatic nitrogens is 1. The number of halogens is 5. The van der Waals surface area contributed by atoms with Gasteiger partial charge in [-0.15, -0.1) is 0 Å². The van der Waals surface area contributed by atoms with Gasteiger partial charge in [-0.3, -0.25) is 4.79 Å². The monoisotopic (exact) mass is 482 g/mol. The van der Waals surface area contributed by atoms with E-state index in [2.05, 4.69) is 10.3 Å². The molecule has 34 heavy (non-hydrogen) atoms. The highest BCUT2D eigenvalue weighted by Crippen LogP contribution is 2.46. The summed E-state index contributed by atoms with van der Waals surface area (Å²) in [7, 11) is 0. The first kappa shape index (κ1) is 25.7. The Morgan fingerprint density at radius 2 is 1.65 bits per heavy atom. The molecule has 3 N–H and O–H groups in total. The average molecular weight is 482 g/mol. The largest absolute Gasteiger partial charge is 0.416 e. The zero-order chi connectivity index (χ0) is 25.4. The minimum atomic E-state index is -4.72. The van der Waals surface area contributed by atoms with Crippen LogP contribution < -0.4 is 5.32 Å². The molecule has 4 rings (SSSR count). The summed E-state index contributed by atoms with van der Waals surface area (Å²) in [4.78, 5) is 14.9. The summed E-state index contributed by atoms with van der Waals surface area (Å²) in [5.74, 6) is -2.33. The summed E-state index contributed by atoms with van der Waals surface area (Å²) in [6.07, 6.45) is -3.91. The molecule has 1 aliphatic rings. The van der Waals surface area contributed by atoms with Crippen molar-refractivity contribution in [2.24, 2.45) is 0 Å². The second-order valence-electron chi connectivity index (χ2n) is 8.70. The number of carbonyl (C=O) groups is 1. The number of alkyl halides is 3. The summed E-state index contributed by atoms with van der Waals surface area (Å²) >= 11 is 0. The molecule has 0 saturated heterocycles. The summed E-state index contributed by atoms with van der Waals surface area (Å²) in [5.41, 5.74) is -1.30. The van der Waals surface area contributed by atoms with Gasteiger partial charge in [0.2, 0.25) is 0 Å². The van der Waals surface area contributed by atoms with Crippen molar-refractivity contribution in [2.75, 3.05) is 0 Å². The van der Waals surface area contributed by atoms with Crippen molar-refractivity contribution in [3.63, 3.8) is 0 Å². The molecule has 0 radical (unpaired) electrons. The number of rotatable bonds is 4. The predicted octanol–water partition coefficient (Wildman–Crippen LogP) is 6.29. The van der Waals surface area contributed by atoms with E-state index in [4.69, 9.17) is 0 Å². The van der Waals surface area contributed by atoms with E-state index in [-0.39, 0.29) is 22.9 Å². The molecular weight excluding hydrogens is 455 g/mol. The van der Waals surface area contributed by atoms with Crippen LogP contribution in [0.3, 0.4) is 0 Å². The quantitative estimate of drug-likeness (QED) is 0.383. The molecule has 9 heteroatoms. The first-order valence-electron chi connectivity index (χ1n) is 11.1. The van der Waals surface area contributed by atoms with Crippen LogP contribution >= 0.6 is 0 Å². The highest BCUT2D eigenvalue weighted by Gasteiger charge is 2.38. The number of benzene rings is 2. The lowest BCUT2D eigenvalue weighted by molar-refractivity contribution is -0.138. The van der Waals surface area contributed by atoms with E-state index < -0.39 is 34.9 Å². The molecule has 1 heterocycles. The maximum atomic E-state index is 14.6. The van der Waals surface area contributed by atoms with Gasteiger partial charge < -0.3 is 15.4 Å². The van der Waals surface area contributed by atoms with Crippen LogP contribution in [0, 0.1) is 11.6 Å². The Morgan fingerprint density at radius 1 is 1.06 bits per heavy atom. The maximum absolute atomic E-state index is 14.6. The van der Waals surface area contributed by atoms with Gasteiger partial charge in [0.25, 0.3) is 5.91 Å². The molecule has 0 bridgehead atoms. The maximum Gasteiger partial charge on any atom is 0.416 e. The SMILES string of the molecule is CC.CC(C)(O)C(=O)NC1CC(c2c(-c3ccc(F)cc3)[nH]c3c(F)cc(C(F)(F)F)cc23)C1. The van der Waals surface area contributed by atoms with Crippen LogP contribution in [-0.2, 0) is 11.0 Å². The van der Waals surface area contributed by atoms with Crippen molar-refractivity contribution in [3.8, 4) is 11.3 Å². The minimum absolute atomic E-state index is 0.0590. The fourth-order valence-corrected chi connectivity index (χ4v) is 4.04. The third kappa shape index (κ3) is 5.09. The normalized spacial score (nSPS) is 18.2. The number of hydrogen-bond acceptors (Lipinski definition) is 2. The van der Waals surface area contributed by atoms with Crippen molar-refractivity contribution in [1.82, 2.24) is 10.3 Å². The summed E-state index contributed by atoms with van der Waals surface area (Å²) in [6, 6.07) is 6.46. The Kier molecular flexibility index (Phi) is 7.07. The number of aromatic amines is 1. The van der Waals surface area contributed by atoms with E-state index in [1.165, 1.54) is 38.1 Å². The molecule has 4 nitrogen and oxygen atoms in total. The molecule has 0 atom stereocenters. The second kappa shape index (κ2) is 9.37. The highest BCUT2D eigenvalue weighted by atomic mass is 19.4. The van der Waals surface area contributed by atoms with E-state index in [9.17, 15) is 31.9 Å². The third-order valence-electron chi connectivity index (χ3n) is 5.80. The fourth-order valence-electron chi connectivity index (χ4n) is 4.04. The number of nitrogens with one attached hydrogen (secondary N) is 2. The Hall–Kier alpha value is -2.94. The van der Waals surface area contributed by atoms with Crippen molar-refractivity contribution < 1.29 is 31.9 Å². The zero-order valence-corrected chi connectivity index (χ0v) is 19.3. The van der Waals surface area contributed by atoms with Gasteiger partial charge in [0.05, 0.1) is 16.8 Å². The lowest BCUT2D eigenvalue weighted by Crippen LogP contribution is -2.50. The van der Waals surface area contributed by atoms with Gasteiger partial charge in [0, 0.05) is 11.4 Å². The van der Waals surface area contributed by atoms with Crippen LogP contribution in [0.5, 0.6) is 0 Å². The highest BCUT2D eigenvalue weighted by molar-refractivity contribution is 5.93. The van der Waals surface area contributed by atoms with E-state index in [1.54, 1.807) is 0 Å². The van der Waals surface area contributed by atoms with E-state index in [0.29, 0.717) is 35.7 Å². The molecule has 0 unspecified atom stereocenters. The van der Waals surface area contributed by atoms with Gasteiger partial charge in [0.1, 0.15) is 17.2 Å². The molecule has 2 aromatic carbocycles. The number of H-pyrrole nitrogens is 1. The average Bonchev–Trinajstić information content (AvgIpc) is 3.10. The molecular formula is C25H27F5N2O2. The molecule has 1 amide bonds. The standard InChI is InChI=1S/C23H21F5N2O2.C2H6/c1-22(2,32)21(31)29-15-7-12(8-15)18-16-9-13(23(26,27)28)10-17(25)20(16)30-19(18)11-3-5-14(24)6-4-11;1-2/h3-6,9-10,12,15,30,32H,7-8H2,1-2H3,(H,29,31);1-2H3. The first-order chi connectivity index (χ1) is 15.8. The number of hydrogen-bond donors (Lipinski definition) is 3. The molecule has 0 spiro atoms. The van der Waals surface area contributed by atoms with E-state index in [1.807, 2.05) is 13.8 Å². The lowest BCUT2D eigenvalue weighted by atomic mass is 9.74. The Morgan fingerprint density at radius 3 is 2.18 bits per heavy atom. The summed E-state index contributed by atoms with van der Waals surface area (Å²) in [6.45, 7) is 6.71. The smallest absolute Gasteiger partial charge is 0.381 e. The van der Waals surface area contributed by atoms with Gasteiger partial charge in [-0.1, -0.05) is 13.8 Å². The van der Waals surface area contributed by atoms with Crippen LogP contribution in [0.15, 0.2) is 36.4 Å². The van der Waals surface area contributed by atoms with Crippen molar-refractivity contribution >= 4 is 16.8 Å².